The highest BCUT2D eigenvalue weighted by Gasteiger charge is 2.30. The lowest BCUT2D eigenvalue weighted by atomic mass is 10.0. The van der Waals surface area contributed by atoms with Crippen molar-refractivity contribution in [2.45, 2.75) is 63.5 Å². The van der Waals surface area contributed by atoms with Crippen LogP contribution < -0.4 is 15.0 Å². The number of rotatable bonds is 9. The number of hydrogen-bond acceptors (Lipinski definition) is 4. The monoisotopic (exact) mass is 529 g/mol. The van der Waals surface area contributed by atoms with Gasteiger partial charge in [-0.3, -0.25) is 4.79 Å². The Bertz CT molecular complexity index is 1020. The molecule has 3 aliphatic rings. The van der Waals surface area contributed by atoms with Crippen molar-refractivity contribution in [3.63, 3.8) is 0 Å². The van der Waals surface area contributed by atoms with Crippen LogP contribution in [0.25, 0.3) is 0 Å². The van der Waals surface area contributed by atoms with Gasteiger partial charge in [0.2, 0.25) is 5.91 Å². The highest BCUT2D eigenvalue weighted by molar-refractivity contribution is 6.32. The molecule has 194 valence electrons. The number of ether oxygens (including phenoxy) is 1. The van der Waals surface area contributed by atoms with Crippen molar-refractivity contribution in [2.24, 2.45) is 5.92 Å². The van der Waals surface area contributed by atoms with E-state index in [9.17, 15) is 4.79 Å². The summed E-state index contributed by atoms with van der Waals surface area (Å²) < 4.78 is 6.14. The fourth-order valence-corrected chi connectivity index (χ4v) is 6.23. The van der Waals surface area contributed by atoms with E-state index in [1.54, 1.807) is 0 Å². The molecule has 0 bridgehead atoms. The highest BCUT2D eigenvalue weighted by atomic mass is 35.5. The average Bonchev–Trinajstić information content (AvgIpc) is 3.65. The van der Waals surface area contributed by atoms with Gasteiger partial charge in [0.05, 0.1) is 17.0 Å². The molecule has 5 rings (SSSR count). The number of hydrogen-bond donors (Lipinski definition) is 1. The normalized spacial score (nSPS) is 21.7. The number of nitrogens with zero attached hydrogens (tertiary/aromatic N) is 2. The first-order valence-electron chi connectivity index (χ1n) is 13.5. The Morgan fingerprint density at radius 2 is 1.72 bits per heavy atom. The third-order valence-electron chi connectivity index (χ3n) is 7.85. The Morgan fingerprint density at radius 1 is 0.972 bits per heavy atom. The zero-order valence-electron chi connectivity index (χ0n) is 20.9. The van der Waals surface area contributed by atoms with E-state index in [0.717, 1.165) is 80.4 Å². The van der Waals surface area contributed by atoms with Gasteiger partial charge in [0.15, 0.2) is 0 Å². The molecule has 1 aliphatic carbocycles. The lowest BCUT2D eigenvalue weighted by Gasteiger charge is -2.26. The molecule has 2 aromatic rings. The molecule has 1 unspecified atom stereocenters. The standard InChI is InChI=1S/C29H37Cl2N3O2/c30-23-8-10-25(11-9-23)34-16-13-22(19-34)29(35)32-24(20-33-14-3-4-15-33)17-21-7-12-28(27(31)18-21)36-26-5-1-2-6-26/h7-12,18,22,24,26H,1-6,13-17,19-20H2,(H,32,35)/t22-,24?/m1/s1. The van der Waals surface area contributed by atoms with Gasteiger partial charge in [0, 0.05) is 36.4 Å². The van der Waals surface area contributed by atoms with Gasteiger partial charge < -0.3 is 19.9 Å². The minimum absolute atomic E-state index is 0.00692. The topological polar surface area (TPSA) is 44.8 Å². The fraction of sp³-hybridized carbons (Fsp3) is 0.552. The first-order chi connectivity index (χ1) is 17.5. The van der Waals surface area contributed by atoms with Crippen LogP contribution in [0.4, 0.5) is 5.69 Å². The molecule has 0 spiro atoms. The second kappa shape index (κ2) is 12.1. The number of amides is 1. The highest BCUT2D eigenvalue weighted by Crippen LogP contribution is 2.31. The Labute approximate surface area is 225 Å². The summed E-state index contributed by atoms with van der Waals surface area (Å²) in [6, 6.07) is 14.1. The molecule has 0 aromatic heterocycles. The number of nitrogens with one attached hydrogen (secondary N) is 1. The first-order valence-corrected chi connectivity index (χ1v) is 14.3. The molecule has 1 saturated carbocycles. The number of benzene rings is 2. The molecule has 3 fully saturated rings. The van der Waals surface area contributed by atoms with Crippen LogP contribution in [0.5, 0.6) is 5.75 Å². The predicted molar refractivity (Wildman–Crippen MR) is 147 cm³/mol. The minimum atomic E-state index is -0.00692. The van der Waals surface area contributed by atoms with Gasteiger partial charge >= 0.3 is 0 Å². The van der Waals surface area contributed by atoms with E-state index in [2.05, 4.69) is 21.2 Å². The molecule has 2 heterocycles. The van der Waals surface area contributed by atoms with Crippen LogP contribution in [-0.2, 0) is 11.2 Å². The van der Waals surface area contributed by atoms with Gasteiger partial charge in [-0.15, -0.1) is 0 Å². The minimum Gasteiger partial charge on any atom is -0.489 e. The van der Waals surface area contributed by atoms with Gasteiger partial charge in [-0.2, -0.15) is 0 Å². The van der Waals surface area contributed by atoms with E-state index in [-0.39, 0.29) is 24.0 Å². The molecule has 2 atom stereocenters. The van der Waals surface area contributed by atoms with E-state index in [4.69, 9.17) is 27.9 Å². The van der Waals surface area contributed by atoms with Gasteiger partial charge in [0.25, 0.3) is 0 Å². The molecule has 5 nitrogen and oxygen atoms in total. The molecular formula is C29H37Cl2N3O2. The summed E-state index contributed by atoms with van der Waals surface area (Å²) in [5.41, 5.74) is 2.26. The maximum Gasteiger partial charge on any atom is 0.225 e. The molecule has 2 aromatic carbocycles. The summed E-state index contributed by atoms with van der Waals surface area (Å²) >= 11 is 12.7. The summed E-state index contributed by atoms with van der Waals surface area (Å²) in [5.74, 6) is 0.927. The first kappa shape index (κ1) is 25.7. The molecule has 1 N–H and O–H groups in total. The Balaban J connectivity index is 1.21. The SMILES string of the molecule is O=C(NC(Cc1ccc(OC2CCCC2)c(Cl)c1)CN1CCCC1)[C@@H]1CCN(c2ccc(Cl)cc2)C1. The summed E-state index contributed by atoms with van der Waals surface area (Å²) in [4.78, 5) is 18.1. The van der Waals surface area contributed by atoms with Crippen molar-refractivity contribution in [1.29, 1.82) is 0 Å². The van der Waals surface area contributed by atoms with Crippen molar-refractivity contribution >= 4 is 34.8 Å². The lowest BCUT2D eigenvalue weighted by Crippen LogP contribution is -2.46. The van der Waals surface area contributed by atoms with Crippen LogP contribution in [0.2, 0.25) is 10.0 Å². The maximum atomic E-state index is 13.3. The van der Waals surface area contributed by atoms with Crippen LogP contribution >= 0.6 is 23.2 Å². The van der Waals surface area contributed by atoms with E-state index < -0.39 is 0 Å². The summed E-state index contributed by atoms with van der Waals surface area (Å²) in [6.07, 6.45) is 9.07. The van der Waals surface area contributed by atoms with Gasteiger partial charge in [-0.1, -0.05) is 29.3 Å². The Morgan fingerprint density at radius 3 is 2.44 bits per heavy atom. The quantitative estimate of drug-likeness (QED) is 0.434. The lowest BCUT2D eigenvalue weighted by molar-refractivity contribution is -0.125. The van der Waals surface area contributed by atoms with E-state index in [0.29, 0.717) is 5.02 Å². The van der Waals surface area contributed by atoms with Crippen molar-refractivity contribution in [3.8, 4) is 5.75 Å². The fourth-order valence-electron chi connectivity index (χ4n) is 5.86. The number of carbonyl (C=O) groups excluding carboxylic acids is 1. The molecule has 36 heavy (non-hydrogen) atoms. The van der Waals surface area contributed by atoms with Crippen LogP contribution in [0.15, 0.2) is 42.5 Å². The predicted octanol–water partition coefficient (Wildman–Crippen LogP) is 5.96. The van der Waals surface area contributed by atoms with Gasteiger partial charge in [-0.25, -0.2) is 0 Å². The third-order valence-corrected chi connectivity index (χ3v) is 8.40. The van der Waals surface area contributed by atoms with E-state index in [1.807, 2.05) is 36.4 Å². The second-order valence-electron chi connectivity index (χ2n) is 10.6. The molecule has 1 amide bonds. The van der Waals surface area contributed by atoms with Crippen molar-refractivity contribution in [3.05, 3.63) is 58.1 Å². The van der Waals surface area contributed by atoms with Gasteiger partial charge in [-0.05, 0) is 106 Å². The Hall–Kier alpha value is -1.95. The largest absolute Gasteiger partial charge is 0.489 e. The summed E-state index contributed by atoms with van der Waals surface area (Å²) in [6.45, 7) is 4.71. The van der Waals surface area contributed by atoms with Crippen LogP contribution in [0.3, 0.4) is 0 Å². The zero-order chi connectivity index (χ0) is 24.9. The number of halogens is 2. The third kappa shape index (κ3) is 6.67. The Kier molecular flexibility index (Phi) is 8.61. The van der Waals surface area contributed by atoms with Crippen molar-refractivity contribution in [2.75, 3.05) is 37.6 Å². The van der Waals surface area contributed by atoms with Crippen molar-refractivity contribution < 1.29 is 9.53 Å². The van der Waals surface area contributed by atoms with Crippen LogP contribution in [0, 0.1) is 5.92 Å². The van der Waals surface area contributed by atoms with Crippen molar-refractivity contribution in [1.82, 2.24) is 10.2 Å². The summed E-state index contributed by atoms with van der Waals surface area (Å²) in [7, 11) is 0. The molecule has 7 heteroatoms. The second-order valence-corrected chi connectivity index (χ2v) is 11.5. The van der Waals surface area contributed by atoms with Gasteiger partial charge in [0.1, 0.15) is 5.75 Å². The number of anilines is 1. The molecular weight excluding hydrogens is 493 g/mol. The number of carbonyl (C=O) groups is 1. The molecule has 2 saturated heterocycles. The smallest absolute Gasteiger partial charge is 0.225 e. The average molecular weight is 531 g/mol. The molecule has 0 radical (unpaired) electrons. The number of likely N-dealkylation sites (tertiary alicyclic amines) is 1. The summed E-state index contributed by atoms with van der Waals surface area (Å²) in [5, 5.41) is 4.80. The maximum absolute atomic E-state index is 13.3. The van der Waals surface area contributed by atoms with E-state index in [1.165, 1.54) is 25.7 Å². The zero-order valence-corrected chi connectivity index (χ0v) is 22.4. The van der Waals surface area contributed by atoms with Crippen LogP contribution in [0.1, 0.15) is 50.5 Å². The van der Waals surface area contributed by atoms with E-state index >= 15 is 0 Å². The molecule has 2 aliphatic heterocycles. The van der Waals surface area contributed by atoms with Crippen LogP contribution in [-0.4, -0.2) is 55.7 Å².